The molecule has 0 spiro atoms. The van der Waals surface area contributed by atoms with Crippen LogP contribution in [0, 0.1) is 17.9 Å². The van der Waals surface area contributed by atoms with Crippen molar-refractivity contribution in [2.24, 2.45) is 0 Å². The molecule has 4 unspecified atom stereocenters. The first kappa shape index (κ1) is 83.7. The second kappa shape index (κ2) is 34.9. The van der Waals surface area contributed by atoms with Crippen molar-refractivity contribution >= 4 is 154 Å². The zero-order chi connectivity index (χ0) is 78.4. The Hall–Kier alpha value is -8.19. The molecular formula is C62H70F4N26O14P4S4. The molecule has 15 N–H and O–H groups in total. The summed E-state index contributed by atoms with van der Waals surface area (Å²) in [5, 5.41) is 20.5. The summed E-state index contributed by atoms with van der Waals surface area (Å²) in [5.41, 5.74) is 13.9. The van der Waals surface area contributed by atoms with E-state index in [1.807, 2.05) is 6.07 Å². The quantitative estimate of drug-likeness (QED) is 0.0165. The molecule has 6 saturated heterocycles. The van der Waals surface area contributed by atoms with Crippen LogP contribution in [0.25, 0.3) is 49.5 Å². The number of benzene rings is 2. The predicted octanol–water partition coefficient (Wildman–Crippen LogP) is 7.53. The Bertz CT molecular complexity index is 5150. The number of hydrogen-bond donors (Lipinski definition) is 10. The lowest BCUT2D eigenvalue weighted by molar-refractivity contribution is -0.0250. The second-order valence-electron chi connectivity index (χ2n) is 25.7. The summed E-state index contributed by atoms with van der Waals surface area (Å²) < 4.78 is 147. The van der Waals surface area contributed by atoms with E-state index in [9.17, 15) is 24.3 Å². The lowest BCUT2D eigenvalue weighted by atomic mass is 10.1. The number of alkyl halides is 4. The van der Waals surface area contributed by atoms with E-state index < -0.39 is 137 Å². The minimum absolute atomic E-state index is 0. The molecule has 114 heavy (non-hydrogen) atoms. The van der Waals surface area contributed by atoms with Gasteiger partial charge in [-0.05, 0) is 72.5 Å². The monoisotopic (exact) mass is 1730 g/mol. The maximum Gasteiger partial charge on any atom is 0.262 e. The summed E-state index contributed by atoms with van der Waals surface area (Å²) >= 11 is 21.6. The molecule has 40 nitrogen and oxygen atoms in total. The molecule has 10 aromatic rings. The van der Waals surface area contributed by atoms with E-state index in [0.29, 0.717) is 11.1 Å². The summed E-state index contributed by atoms with van der Waals surface area (Å²) in [5.74, 6) is -0.579. The van der Waals surface area contributed by atoms with Crippen molar-refractivity contribution in [3.63, 3.8) is 0 Å². The molecular weight excluding hydrogens is 1660 g/mol. The van der Waals surface area contributed by atoms with E-state index in [4.69, 9.17) is 99.5 Å². The number of nitrogens with two attached hydrogens (primary N) is 2. The number of rotatable bonds is 14. The number of halogens is 4. The van der Waals surface area contributed by atoms with Crippen molar-refractivity contribution in [3.8, 4) is 6.07 Å². The van der Waals surface area contributed by atoms with Crippen molar-refractivity contribution in [1.82, 2.24) is 101 Å². The normalized spacial score (nSPS) is 31.7. The zero-order valence-electron chi connectivity index (χ0n) is 59.0. The van der Waals surface area contributed by atoms with Crippen molar-refractivity contribution < 1.29 is 82.7 Å². The average Bonchev–Trinajstić information content (AvgIpc) is 1.62. The number of thiol groups is 1. The Morgan fingerprint density at radius 2 is 0.982 bits per heavy atom. The minimum atomic E-state index is -3.94. The molecule has 0 saturated carbocycles. The third-order valence-corrected chi connectivity index (χ3v) is 28.3. The number of carbonyl (C=O) groups is 2. The van der Waals surface area contributed by atoms with Crippen LogP contribution in [0.2, 0.25) is 0 Å². The Kier molecular flexibility index (Phi) is 25.7. The van der Waals surface area contributed by atoms with E-state index in [0.717, 1.165) is 0 Å². The number of anilines is 4. The molecule has 8 aromatic heterocycles. The largest absolute Gasteiger partial charge is 0.382 e. The SMILES string of the molecule is N.N.Nc1ncnc2c1ncn2[C@@H]1O[C@@H]2CNP(O)(=S)O[C@H]3[C@@H](F)[C@H](n4cnc5c(N)ncnc54)O[C@@H]3CCP(=O)(S)O[C@H]2[C@H]1F.[C-]#[N+]CCOP1(=S)NC[C@H]2O[C@@H](n3cnc4c(NC(=O)c5ccccc5)ncnc43)[C@H](F)[C@@H]2OP(=S)(OCCC#N)CC[C@H]2O[C@@H](n3cnc4c(NC(=O)c5ccccc5)ncnc43)[C@H](F)[C@@H]2O1. The van der Waals surface area contributed by atoms with Gasteiger partial charge in [-0.2, -0.15) is 5.26 Å². The molecule has 6 fully saturated rings. The molecule has 20 atom stereocenters. The van der Waals surface area contributed by atoms with Crippen LogP contribution in [-0.2, 0) is 86.1 Å². The Morgan fingerprint density at radius 3 is 1.45 bits per heavy atom. The van der Waals surface area contributed by atoms with Crippen LogP contribution < -0.4 is 44.6 Å². The molecule has 16 rings (SSSR count). The molecule has 14 heterocycles. The number of nitrogens with zero attached hydrogens (tertiary/aromatic N) is 18. The standard InChI is InChI=1S/C41H39F2N13O8P2S2.C21H25F2N11O6P2S2.2H3N/c1-45-15-17-60-66(68)52-19-27-33(29(43)41(62-27)56-23-51-31-35(47-21-49-37(31)56)54-39(58)25-11-6-3-7-12-25)63-65(67,59-16-8-14-44)18-13-26-32(64-66)28(42)40(61-26)55-22-50-30-34(46-20-48-36(30)55)53-38(57)24-9-4-2-5-10-24;22-10-14-8(37-20(10)33-6-30-12-16(24)26-4-28-18(12)33)1-2-41(35,43)39-15-9(3-32-42(36,44)40-14)38-21(11(15)23)34-7-31-13-17(25)27-5-29-19(13)34;;/h2-7,9-12,20-23,26-29,32-33,40-41H,8,13,15-19H2,(H,52,68)(H,46,48,53,57)(H,47,49,54,58);4-11,14-15,20-21H,1-3H2,(H,35,43)(H2,24,26,28)(H2,25,27,29)(H2,32,36,44);2*1H3/t26-,27-,28-,29-,32-,33-,40-,41-,65?,66?;8-,9-,10-,11-,14-,15-,20-,21-,41?,42?;;/m11../s1. The van der Waals surface area contributed by atoms with Gasteiger partial charge in [0.2, 0.25) is 6.54 Å². The fraction of sp³-hybridized carbons (Fsp3) is 0.419. The third kappa shape index (κ3) is 17.3. The number of hydrogen-bond acceptors (Lipinski definition) is 33. The summed E-state index contributed by atoms with van der Waals surface area (Å²) in [6.45, 7) is -8.87. The summed E-state index contributed by atoms with van der Waals surface area (Å²) in [4.78, 5) is 90.7. The van der Waals surface area contributed by atoms with Crippen LogP contribution in [0.3, 0.4) is 0 Å². The molecule has 2 amide bonds. The number of aromatic nitrogens is 16. The fourth-order valence-corrected chi connectivity index (χ4v) is 21.9. The first-order chi connectivity index (χ1) is 53.9. The molecule has 0 bridgehead atoms. The maximum atomic E-state index is 17.2. The fourth-order valence-electron chi connectivity index (χ4n) is 13.4. The van der Waals surface area contributed by atoms with E-state index in [-0.39, 0.29) is 145 Å². The van der Waals surface area contributed by atoms with Gasteiger partial charge in [0.15, 0.2) is 113 Å². The molecule has 52 heteroatoms. The van der Waals surface area contributed by atoms with Crippen molar-refractivity contribution in [2.45, 2.75) is 118 Å². The van der Waals surface area contributed by atoms with Gasteiger partial charge < -0.3 is 90.2 Å². The number of imidazole rings is 4. The first-order valence-corrected chi connectivity index (χ1v) is 45.2. The molecule has 6 aliphatic rings. The summed E-state index contributed by atoms with van der Waals surface area (Å²) in [7, 11) is 0. The highest BCUT2D eigenvalue weighted by Gasteiger charge is 2.56. The first-order valence-electron chi connectivity index (χ1n) is 34.1. The van der Waals surface area contributed by atoms with Crippen LogP contribution in [0.5, 0.6) is 0 Å². The van der Waals surface area contributed by atoms with E-state index in [1.54, 1.807) is 60.7 Å². The zero-order valence-corrected chi connectivity index (χ0v) is 66.0. The smallest absolute Gasteiger partial charge is 0.262 e. The summed E-state index contributed by atoms with van der Waals surface area (Å²) in [6, 6.07) is 18.9. The van der Waals surface area contributed by atoms with Gasteiger partial charge in [-0.1, -0.05) is 48.6 Å². The van der Waals surface area contributed by atoms with E-state index >= 15 is 17.6 Å². The van der Waals surface area contributed by atoms with Gasteiger partial charge in [0.05, 0.1) is 56.6 Å². The van der Waals surface area contributed by atoms with Gasteiger partial charge in [-0.3, -0.25) is 32.4 Å². The Balaban J connectivity index is 0.000000213. The van der Waals surface area contributed by atoms with Gasteiger partial charge in [-0.25, -0.2) is 94.1 Å². The number of fused-ring (bicyclic) bond motifs is 8. The maximum absolute atomic E-state index is 17.2. The number of nitrogen functional groups attached to an aromatic ring is 2. The highest BCUT2D eigenvalue weighted by atomic mass is 32.7. The Morgan fingerprint density at radius 1 is 0.579 bits per heavy atom. The number of carbonyl (C=O) groups excluding carboxylic acids is 2. The Labute approximate surface area is 663 Å². The molecule has 2 aromatic carbocycles. The van der Waals surface area contributed by atoms with Gasteiger partial charge in [0, 0.05) is 36.5 Å². The van der Waals surface area contributed by atoms with Crippen molar-refractivity contribution in [2.75, 3.05) is 67.3 Å². The highest BCUT2D eigenvalue weighted by Crippen LogP contribution is 2.60. The molecule has 0 aliphatic carbocycles. The highest BCUT2D eigenvalue weighted by molar-refractivity contribution is 8.46. The van der Waals surface area contributed by atoms with E-state index in [2.05, 4.69) is 97.7 Å². The lowest BCUT2D eigenvalue weighted by Crippen LogP contribution is -2.40. The topological polar surface area (TPSA) is 536 Å². The number of ether oxygens (including phenoxy) is 4. The predicted molar refractivity (Wildman–Crippen MR) is 414 cm³/mol. The van der Waals surface area contributed by atoms with Gasteiger partial charge >= 0.3 is 0 Å². The molecule has 6 aliphatic heterocycles. The lowest BCUT2D eigenvalue weighted by Gasteiger charge is -2.33. The van der Waals surface area contributed by atoms with Gasteiger partial charge in [-0.15, -0.1) is 0 Å². The number of nitrogens with one attached hydrogen (secondary N) is 4. The van der Waals surface area contributed by atoms with Gasteiger partial charge in [0.1, 0.15) is 79.6 Å². The van der Waals surface area contributed by atoms with Crippen molar-refractivity contribution in [3.05, 3.63) is 134 Å². The third-order valence-electron chi connectivity index (χ3n) is 18.6. The van der Waals surface area contributed by atoms with Crippen LogP contribution in [0.1, 0.15) is 64.9 Å². The van der Waals surface area contributed by atoms with Crippen LogP contribution in [0.4, 0.5) is 40.8 Å². The second-order valence-corrected chi connectivity index (χ2v) is 39.5. The molecule has 0 radical (unpaired) electrons. The number of nitriles is 1. The van der Waals surface area contributed by atoms with Crippen LogP contribution in [-0.4, -0.2) is 213 Å². The van der Waals surface area contributed by atoms with E-state index in [1.165, 1.54) is 68.9 Å². The summed E-state index contributed by atoms with van der Waals surface area (Å²) in [6.07, 6.45) is -14.0. The average molecular weight is 1730 g/mol. The van der Waals surface area contributed by atoms with Crippen molar-refractivity contribution in [1.29, 1.82) is 5.26 Å². The van der Waals surface area contributed by atoms with Crippen LogP contribution >= 0.6 is 38.6 Å². The van der Waals surface area contributed by atoms with Gasteiger partial charge in [0.25, 0.3) is 31.7 Å². The minimum Gasteiger partial charge on any atom is -0.382 e. The van der Waals surface area contributed by atoms with Crippen LogP contribution in [0.15, 0.2) is 111 Å². The number of amides is 2. The molecule has 604 valence electrons.